The molecule has 0 fully saturated rings. The molecule has 0 spiro atoms. The van der Waals surface area contributed by atoms with E-state index < -0.39 is 0 Å². The fourth-order valence-corrected chi connectivity index (χ4v) is 2.25. The van der Waals surface area contributed by atoms with Crippen molar-refractivity contribution >= 4 is 5.78 Å². The minimum absolute atomic E-state index is 0.257. The number of fused-ring (bicyclic) bond motifs is 1. The van der Waals surface area contributed by atoms with E-state index in [1.54, 1.807) is 6.20 Å². The Morgan fingerprint density at radius 1 is 0.938 bits per heavy atom. The van der Waals surface area contributed by atoms with Gasteiger partial charge in [-0.3, -0.25) is 9.78 Å². The zero-order valence-corrected chi connectivity index (χ0v) is 8.81. The average molecular weight is 209 g/mol. The first-order chi connectivity index (χ1) is 7.86. The van der Waals surface area contributed by atoms with Crippen molar-refractivity contribution in [1.82, 2.24) is 4.98 Å². The molecule has 2 nitrogen and oxygen atoms in total. The number of carbonyl (C=O) groups is 1. The molecule has 1 heterocycles. The van der Waals surface area contributed by atoms with Gasteiger partial charge in [0.2, 0.25) is 0 Å². The van der Waals surface area contributed by atoms with Crippen LogP contribution in [-0.4, -0.2) is 10.8 Å². The van der Waals surface area contributed by atoms with Crippen molar-refractivity contribution in [2.45, 2.75) is 12.8 Å². The van der Waals surface area contributed by atoms with Crippen molar-refractivity contribution in [3.8, 4) is 11.3 Å². The summed E-state index contributed by atoms with van der Waals surface area (Å²) in [6.07, 6.45) is 3.27. The van der Waals surface area contributed by atoms with Crippen molar-refractivity contribution in [1.29, 1.82) is 0 Å². The second-order valence-corrected chi connectivity index (χ2v) is 3.97. The lowest BCUT2D eigenvalue weighted by atomic mass is 10.0. The SMILES string of the molecule is O=C1CCc2c1cccc2-c1ccccn1. The van der Waals surface area contributed by atoms with E-state index >= 15 is 0 Å². The molecule has 0 unspecified atom stereocenters. The first kappa shape index (κ1) is 9.28. The van der Waals surface area contributed by atoms with Crippen LogP contribution in [-0.2, 0) is 6.42 Å². The third kappa shape index (κ3) is 1.34. The highest BCUT2D eigenvalue weighted by atomic mass is 16.1. The molecule has 1 aromatic heterocycles. The molecule has 0 saturated carbocycles. The van der Waals surface area contributed by atoms with E-state index in [4.69, 9.17) is 0 Å². The maximum absolute atomic E-state index is 11.6. The van der Waals surface area contributed by atoms with Gasteiger partial charge < -0.3 is 0 Å². The maximum atomic E-state index is 11.6. The van der Waals surface area contributed by atoms with Crippen molar-refractivity contribution in [2.75, 3.05) is 0 Å². The van der Waals surface area contributed by atoms with Gasteiger partial charge in [0.1, 0.15) is 0 Å². The Morgan fingerprint density at radius 3 is 2.62 bits per heavy atom. The van der Waals surface area contributed by atoms with Gasteiger partial charge in [0.25, 0.3) is 0 Å². The fraction of sp³-hybridized carbons (Fsp3) is 0.143. The Kier molecular flexibility index (Phi) is 2.07. The van der Waals surface area contributed by atoms with E-state index in [-0.39, 0.29) is 5.78 Å². The van der Waals surface area contributed by atoms with Crippen LogP contribution in [0.3, 0.4) is 0 Å². The molecule has 16 heavy (non-hydrogen) atoms. The Labute approximate surface area is 94.0 Å². The number of benzene rings is 1. The van der Waals surface area contributed by atoms with Gasteiger partial charge >= 0.3 is 0 Å². The summed E-state index contributed by atoms with van der Waals surface area (Å²) in [5, 5.41) is 0. The monoisotopic (exact) mass is 209 g/mol. The second kappa shape index (κ2) is 3.56. The van der Waals surface area contributed by atoms with Gasteiger partial charge in [-0.25, -0.2) is 0 Å². The predicted molar refractivity (Wildman–Crippen MR) is 62.3 cm³/mol. The molecular weight excluding hydrogens is 198 g/mol. The summed E-state index contributed by atoms with van der Waals surface area (Å²) in [5.74, 6) is 0.257. The molecule has 2 aromatic rings. The third-order valence-electron chi connectivity index (χ3n) is 3.02. The van der Waals surface area contributed by atoms with Crippen LogP contribution < -0.4 is 0 Å². The number of aromatic nitrogens is 1. The van der Waals surface area contributed by atoms with Crippen LogP contribution >= 0.6 is 0 Å². The number of hydrogen-bond donors (Lipinski definition) is 0. The standard InChI is InChI=1S/C14H11NO/c16-14-8-7-10-11(4-3-5-12(10)14)13-6-1-2-9-15-13/h1-6,9H,7-8H2. The predicted octanol–water partition coefficient (Wildman–Crippen LogP) is 2.88. The van der Waals surface area contributed by atoms with Gasteiger partial charge in [0, 0.05) is 23.7 Å². The van der Waals surface area contributed by atoms with Gasteiger partial charge in [-0.1, -0.05) is 24.3 Å². The summed E-state index contributed by atoms with van der Waals surface area (Å²) < 4.78 is 0. The second-order valence-electron chi connectivity index (χ2n) is 3.97. The molecule has 0 radical (unpaired) electrons. The molecular formula is C14H11NO. The molecule has 0 N–H and O–H groups in total. The normalized spacial score (nSPS) is 13.9. The highest BCUT2D eigenvalue weighted by Crippen LogP contribution is 2.30. The maximum Gasteiger partial charge on any atom is 0.163 e. The number of ketones is 1. The lowest BCUT2D eigenvalue weighted by Crippen LogP contribution is -1.93. The summed E-state index contributed by atoms with van der Waals surface area (Å²) in [7, 11) is 0. The van der Waals surface area contributed by atoms with Crippen LogP contribution in [0.15, 0.2) is 42.6 Å². The molecule has 0 aliphatic heterocycles. The molecule has 0 amide bonds. The van der Waals surface area contributed by atoms with Crippen LogP contribution in [0.25, 0.3) is 11.3 Å². The minimum atomic E-state index is 0.257. The molecule has 3 rings (SSSR count). The van der Waals surface area contributed by atoms with Gasteiger partial charge in [0.05, 0.1) is 5.69 Å². The smallest absolute Gasteiger partial charge is 0.163 e. The number of rotatable bonds is 1. The Morgan fingerprint density at radius 2 is 1.81 bits per heavy atom. The first-order valence-corrected chi connectivity index (χ1v) is 5.43. The lowest BCUT2D eigenvalue weighted by molar-refractivity contribution is 0.0994. The highest BCUT2D eigenvalue weighted by Gasteiger charge is 2.22. The summed E-state index contributed by atoms with van der Waals surface area (Å²) >= 11 is 0. The first-order valence-electron chi connectivity index (χ1n) is 5.43. The minimum Gasteiger partial charge on any atom is -0.294 e. The number of Topliss-reactive ketones (excluding diaryl/α,β-unsaturated/α-hetero) is 1. The molecule has 0 bridgehead atoms. The van der Waals surface area contributed by atoms with Crippen LogP contribution in [0.2, 0.25) is 0 Å². The number of carbonyl (C=O) groups excluding carboxylic acids is 1. The fourth-order valence-electron chi connectivity index (χ4n) is 2.25. The van der Waals surface area contributed by atoms with Gasteiger partial charge in [0.15, 0.2) is 5.78 Å². The molecule has 1 aromatic carbocycles. The van der Waals surface area contributed by atoms with Crippen molar-refractivity contribution < 1.29 is 4.79 Å². The zero-order valence-electron chi connectivity index (χ0n) is 8.81. The molecule has 0 atom stereocenters. The van der Waals surface area contributed by atoms with Gasteiger partial charge in [-0.05, 0) is 24.1 Å². The van der Waals surface area contributed by atoms with E-state index in [2.05, 4.69) is 4.98 Å². The summed E-state index contributed by atoms with van der Waals surface area (Å²) in [6, 6.07) is 11.7. The topological polar surface area (TPSA) is 30.0 Å². The quantitative estimate of drug-likeness (QED) is 0.722. The number of nitrogens with zero attached hydrogens (tertiary/aromatic N) is 1. The average Bonchev–Trinajstić information content (AvgIpc) is 2.73. The summed E-state index contributed by atoms with van der Waals surface area (Å²) in [4.78, 5) is 16.0. The number of hydrogen-bond acceptors (Lipinski definition) is 2. The molecule has 78 valence electrons. The van der Waals surface area contributed by atoms with Crippen LogP contribution in [0.5, 0.6) is 0 Å². The Hall–Kier alpha value is -1.96. The molecule has 1 aliphatic carbocycles. The molecule has 1 aliphatic rings. The van der Waals surface area contributed by atoms with Crippen LogP contribution in [0, 0.1) is 0 Å². The van der Waals surface area contributed by atoms with E-state index in [0.29, 0.717) is 6.42 Å². The van der Waals surface area contributed by atoms with Gasteiger partial charge in [-0.15, -0.1) is 0 Å². The van der Waals surface area contributed by atoms with Crippen LogP contribution in [0.4, 0.5) is 0 Å². The van der Waals surface area contributed by atoms with Crippen molar-refractivity contribution in [3.05, 3.63) is 53.7 Å². The zero-order chi connectivity index (χ0) is 11.0. The summed E-state index contributed by atoms with van der Waals surface area (Å²) in [5.41, 5.74) is 4.09. The lowest BCUT2D eigenvalue weighted by Gasteiger charge is -2.06. The van der Waals surface area contributed by atoms with E-state index in [1.165, 1.54) is 0 Å². The van der Waals surface area contributed by atoms with Gasteiger partial charge in [-0.2, -0.15) is 0 Å². The third-order valence-corrected chi connectivity index (χ3v) is 3.02. The highest BCUT2D eigenvalue weighted by molar-refractivity contribution is 6.02. The number of pyridine rings is 1. The molecule has 2 heteroatoms. The van der Waals surface area contributed by atoms with E-state index in [0.717, 1.165) is 28.8 Å². The summed E-state index contributed by atoms with van der Waals surface area (Å²) in [6.45, 7) is 0. The largest absolute Gasteiger partial charge is 0.294 e. The van der Waals surface area contributed by atoms with Crippen LogP contribution in [0.1, 0.15) is 22.3 Å². The van der Waals surface area contributed by atoms with E-state index in [1.807, 2.05) is 36.4 Å². The Balaban J connectivity index is 2.20. The van der Waals surface area contributed by atoms with Crippen molar-refractivity contribution in [2.24, 2.45) is 0 Å². The van der Waals surface area contributed by atoms with Crippen molar-refractivity contribution in [3.63, 3.8) is 0 Å². The Bertz CT molecular complexity index is 546. The molecule has 0 saturated heterocycles. The van der Waals surface area contributed by atoms with E-state index in [9.17, 15) is 4.79 Å².